The van der Waals surface area contributed by atoms with Crippen LogP contribution in [0, 0.1) is 0 Å². The van der Waals surface area contributed by atoms with Crippen LogP contribution in [0.3, 0.4) is 0 Å². The molecule has 0 amide bonds. The van der Waals surface area contributed by atoms with Gasteiger partial charge in [-0.05, 0) is 13.8 Å². The van der Waals surface area contributed by atoms with Gasteiger partial charge in [0.05, 0.1) is 17.6 Å². The van der Waals surface area contributed by atoms with Gasteiger partial charge in [0.15, 0.2) is 0 Å². The summed E-state index contributed by atoms with van der Waals surface area (Å²) in [5.41, 5.74) is 0. The van der Waals surface area contributed by atoms with Crippen molar-refractivity contribution in [3.63, 3.8) is 0 Å². The second kappa shape index (κ2) is 5.75. The lowest BCUT2D eigenvalue weighted by Gasteiger charge is -2.16. The number of hydrogen-bond acceptors (Lipinski definition) is 5. The predicted molar refractivity (Wildman–Crippen MR) is 58.5 cm³/mol. The molecule has 1 N–H and O–H groups in total. The molecule has 0 bridgehead atoms. The number of ether oxygens (including phenoxy) is 2. The van der Waals surface area contributed by atoms with Crippen LogP contribution in [0.4, 0.5) is 0 Å². The molecule has 0 aromatic heterocycles. The number of carbonyl (C=O) groups is 1. The van der Waals surface area contributed by atoms with Gasteiger partial charge in [0, 0.05) is 5.75 Å². The van der Waals surface area contributed by atoms with Crippen LogP contribution in [0.25, 0.3) is 0 Å². The van der Waals surface area contributed by atoms with Gasteiger partial charge in [-0.3, -0.25) is 0 Å². The molecule has 4 nitrogen and oxygen atoms in total. The Bertz CT molecular complexity index is 277. The summed E-state index contributed by atoms with van der Waals surface area (Å²) in [5, 5.41) is 8.75. The van der Waals surface area contributed by atoms with Crippen molar-refractivity contribution < 1.29 is 19.4 Å². The highest BCUT2D eigenvalue weighted by Gasteiger charge is 2.34. The zero-order valence-electron chi connectivity index (χ0n) is 8.53. The van der Waals surface area contributed by atoms with E-state index in [9.17, 15) is 4.79 Å². The van der Waals surface area contributed by atoms with Crippen LogP contribution in [0.1, 0.15) is 13.8 Å². The van der Waals surface area contributed by atoms with E-state index in [2.05, 4.69) is 0 Å². The zero-order chi connectivity index (χ0) is 11.4. The lowest BCUT2D eigenvalue weighted by molar-refractivity contribution is -0.164. The van der Waals surface area contributed by atoms with Crippen molar-refractivity contribution in [3.05, 3.63) is 9.94 Å². The first-order chi connectivity index (χ1) is 7.06. The summed E-state index contributed by atoms with van der Waals surface area (Å²) in [4.78, 5) is 11.7. The van der Waals surface area contributed by atoms with Crippen LogP contribution >= 0.6 is 23.4 Å². The molecule has 6 heteroatoms. The van der Waals surface area contributed by atoms with Gasteiger partial charge in [-0.15, -0.1) is 11.8 Å². The highest BCUT2D eigenvalue weighted by Crippen LogP contribution is 2.35. The van der Waals surface area contributed by atoms with Gasteiger partial charge in [-0.25, -0.2) is 4.79 Å². The molecule has 1 aliphatic rings. The second-order valence-corrected chi connectivity index (χ2v) is 4.69. The molecule has 1 heterocycles. The van der Waals surface area contributed by atoms with E-state index in [0.29, 0.717) is 10.7 Å². The van der Waals surface area contributed by atoms with Crippen LogP contribution < -0.4 is 0 Å². The number of aliphatic hydroxyl groups is 1. The number of aliphatic hydroxyl groups excluding tert-OH is 1. The molecule has 0 aromatic rings. The number of rotatable bonds is 5. The van der Waals surface area contributed by atoms with Gasteiger partial charge in [-0.1, -0.05) is 11.6 Å². The molecule has 0 saturated carbocycles. The minimum Gasteiger partial charge on any atom is -0.426 e. The average Bonchev–Trinajstić information content (AvgIpc) is 2.40. The topological polar surface area (TPSA) is 55.8 Å². The Balaban J connectivity index is 2.69. The highest BCUT2D eigenvalue weighted by molar-refractivity contribution is 8.03. The molecule has 1 rings (SSSR count). The first-order valence-electron chi connectivity index (χ1n) is 4.56. The summed E-state index contributed by atoms with van der Waals surface area (Å²) in [5.74, 6) is -0.108. The molecule has 1 unspecified atom stereocenters. The van der Waals surface area contributed by atoms with Gasteiger partial charge < -0.3 is 14.6 Å². The fraction of sp³-hybridized carbons (Fsp3) is 0.667. The Labute approximate surface area is 97.6 Å². The lowest BCUT2D eigenvalue weighted by Crippen LogP contribution is -2.19. The van der Waals surface area contributed by atoms with Crippen molar-refractivity contribution in [2.45, 2.75) is 26.2 Å². The van der Waals surface area contributed by atoms with Crippen molar-refractivity contribution in [1.29, 1.82) is 0 Å². The van der Waals surface area contributed by atoms with Gasteiger partial charge in [-0.2, -0.15) is 0 Å². The van der Waals surface area contributed by atoms with Crippen LogP contribution in [-0.2, 0) is 14.3 Å². The van der Waals surface area contributed by atoms with E-state index in [0.717, 1.165) is 0 Å². The van der Waals surface area contributed by atoms with E-state index < -0.39 is 12.3 Å². The Kier molecular flexibility index (Phi) is 4.92. The summed E-state index contributed by atoms with van der Waals surface area (Å²) in [7, 11) is 0. The molecule has 15 heavy (non-hydrogen) atoms. The van der Waals surface area contributed by atoms with Crippen molar-refractivity contribution in [2.24, 2.45) is 0 Å². The summed E-state index contributed by atoms with van der Waals surface area (Å²) < 4.78 is 10.3. The lowest BCUT2D eigenvalue weighted by atomic mass is 10.4. The second-order valence-electron chi connectivity index (χ2n) is 3.17. The smallest absolute Gasteiger partial charge is 0.353 e. The highest BCUT2D eigenvalue weighted by atomic mass is 35.5. The molecule has 86 valence electrons. The Hall–Kier alpha value is -0.230. The predicted octanol–water partition coefficient (Wildman–Crippen LogP) is 1.47. The average molecular weight is 253 g/mol. The van der Waals surface area contributed by atoms with E-state index in [-0.39, 0.29) is 17.7 Å². The summed E-state index contributed by atoms with van der Waals surface area (Å²) >= 11 is 7.04. The van der Waals surface area contributed by atoms with E-state index in [1.165, 1.54) is 11.8 Å². The fourth-order valence-electron chi connectivity index (χ4n) is 1.03. The third kappa shape index (κ3) is 3.38. The number of halogens is 1. The zero-order valence-corrected chi connectivity index (χ0v) is 10.1. The number of esters is 1. The van der Waals surface area contributed by atoms with E-state index in [1.807, 2.05) is 13.8 Å². The SMILES string of the molecule is CC(C)OC1OC(=O)C(Cl)=C1SCCO. The fourth-order valence-corrected chi connectivity index (χ4v) is 2.09. The summed E-state index contributed by atoms with van der Waals surface area (Å²) in [6.45, 7) is 3.70. The maximum Gasteiger partial charge on any atom is 0.353 e. The minimum absolute atomic E-state index is 0.0148. The molecule has 0 aliphatic carbocycles. The van der Waals surface area contributed by atoms with Crippen LogP contribution in [0.5, 0.6) is 0 Å². The van der Waals surface area contributed by atoms with E-state index >= 15 is 0 Å². The van der Waals surface area contributed by atoms with Gasteiger partial charge in [0.25, 0.3) is 0 Å². The number of carbonyl (C=O) groups excluding carboxylic acids is 1. The molecule has 0 radical (unpaired) electrons. The first kappa shape index (κ1) is 12.8. The number of hydrogen-bond donors (Lipinski definition) is 1. The Morgan fingerprint density at radius 1 is 1.67 bits per heavy atom. The molecule has 0 aromatic carbocycles. The molecule has 1 atom stereocenters. The van der Waals surface area contributed by atoms with E-state index in [4.69, 9.17) is 26.2 Å². The maximum absolute atomic E-state index is 11.2. The molecular weight excluding hydrogens is 240 g/mol. The summed E-state index contributed by atoms with van der Waals surface area (Å²) in [6, 6.07) is 0. The van der Waals surface area contributed by atoms with Crippen molar-refractivity contribution in [1.82, 2.24) is 0 Å². The number of thioether (sulfide) groups is 1. The van der Waals surface area contributed by atoms with Crippen LogP contribution in [0.2, 0.25) is 0 Å². The molecule has 0 spiro atoms. The maximum atomic E-state index is 11.2. The van der Waals surface area contributed by atoms with Crippen LogP contribution in [-0.4, -0.2) is 35.8 Å². The monoisotopic (exact) mass is 252 g/mol. The standard InChI is InChI=1S/C9H13ClO4S/c1-5(2)13-9-7(15-4-3-11)6(10)8(12)14-9/h5,9,11H,3-4H2,1-2H3. The van der Waals surface area contributed by atoms with Crippen LogP contribution in [0.15, 0.2) is 9.94 Å². The first-order valence-corrected chi connectivity index (χ1v) is 5.92. The van der Waals surface area contributed by atoms with E-state index in [1.54, 1.807) is 0 Å². The third-order valence-corrected chi connectivity index (χ3v) is 3.13. The number of cyclic esters (lactones) is 1. The van der Waals surface area contributed by atoms with Crippen molar-refractivity contribution in [3.8, 4) is 0 Å². The third-order valence-electron chi connectivity index (χ3n) is 1.57. The van der Waals surface area contributed by atoms with Gasteiger partial charge in [0.1, 0.15) is 5.03 Å². The van der Waals surface area contributed by atoms with Crippen molar-refractivity contribution >= 4 is 29.3 Å². The quantitative estimate of drug-likeness (QED) is 0.751. The minimum atomic E-state index is -0.721. The Morgan fingerprint density at radius 3 is 2.87 bits per heavy atom. The molecule has 0 fully saturated rings. The Morgan fingerprint density at radius 2 is 2.33 bits per heavy atom. The largest absolute Gasteiger partial charge is 0.426 e. The summed E-state index contributed by atoms with van der Waals surface area (Å²) in [6.07, 6.45) is -0.781. The van der Waals surface area contributed by atoms with Gasteiger partial charge >= 0.3 is 5.97 Å². The molecule has 1 aliphatic heterocycles. The molecular formula is C9H13ClO4S. The molecule has 0 saturated heterocycles. The normalized spacial score (nSPS) is 21.4. The van der Waals surface area contributed by atoms with Crippen molar-refractivity contribution in [2.75, 3.05) is 12.4 Å². The van der Waals surface area contributed by atoms with Gasteiger partial charge in [0.2, 0.25) is 6.29 Å².